The van der Waals surface area contributed by atoms with E-state index in [4.69, 9.17) is 0 Å². The smallest absolute Gasteiger partial charge is 0.255 e. The normalized spacial score (nSPS) is 16.2. The van der Waals surface area contributed by atoms with Crippen molar-refractivity contribution < 1.29 is 14.4 Å². The Bertz CT molecular complexity index is 1150. The molecule has 2 aromatic carbocycles. The molecular formula is C21H19N7O3. The van der Waals surface area contributed by atoms with Crippen molar-refractivity contribution in [2.24, 2.45) is 0 Å². The van der Waals surface area contributed by atoms with Gasteiger partial charge in [0.05, 0.1) is 11.7 Å². The Morgan fingerprint density at radius 2 is 1.74 bits per heavy atom. The lowest BCUT2D eigenvalue weighted by Crippen LogP contribution is -2.50. The molecule has 10 nitrogen and oxygen atoms in total. The summed E-state index contributed by atoms with van der Waals surface area (Å²) in [7, 11) is 0. The lowest BCUT2D eigenvalue weighted by Gasteiger charge is -2.27. The van der Waals surface area contributed by atoms with Gasteiger partial charge in [0.1, 0.15) is 0 Å². The first-order chi connectivity index (χ1) is 15.1. The maximum atomic E-state index is 12.6. The summed E-state index contributed by atoms with van der Waals surface area (Å²) in [5, 5.41) is 16.0. The number of nitrogens with zero attached hydrogens (tertiary/aromatic N) is 5. The van der Waals surface area contributed by atoms with Crippen LogP contribution in [0.1, 0.15) is 42.1 Å². The van der Waals surface area contributed by atoms with Gasteiger partial charge in [-0.1, -0.05) is 0 Å². The van der Waals surface area contributed by atoms with E-state index in [0.29, 0.717) is 23.0 Å². The number of carbonyl (C=O) groups is 3. The van der Waals surface area contributed by atoms with Crippen LogP contribution in [0.3, 0.4) is 0 Å². The van der Waals surface area contributed by atoms with Gasteiger partial charge in [-0.2, -0.15) is 0 Å². The Morgan fingerprint density at radius 3 is 2.45 bits per heavy atom. The van der Waals surface area contributed by atoms with Gasteiger partial charge in [0.15, 0.2) is 5.82 Å². The Morgan fingerprint density at radius 1 is 1.00 bits per heavy atom. The van der Waals surface area contributed by atoms with Crippen LogP contribution in [0.15, 0.2) is 48.5 Å². The molecule has 0 spiro atoms. The molecule has 31 heavy (non-hydrogen) atoms. The number of carbonyl (C=O) groups excluding carboxylic acids is 3. The predicted molar refractivity (Wildman–Crippen MR) is 111 cm³/mol. The molecule has 1 aliphatic heterocycles. The SMILES string of the molecule is O=C1CCC(=O)N(c2ccc(C(=O)Nc3ccc(-c4nnnn4C4CC4)cc3)cc2)N1. The molecule has 1 aromatic heterocycles. The summed E-state index contributed by atoms with van der Waals surface area (Å²) < 4.78 is 1.84. The Hall–Kier alpha value is -4.08. The zero-order chi connectivity index (χ0) is 21.4. The molecule has 156 valence electrons. The fraction of sp³-hybridized carbons (Fsp3) is 0.238. The number of rotatable bonds is 5. The average Bonchev–Trinajstić information content (AvgIpc) is 3.52. The highest BCUT2D eigenvalue weighted by Gasteiger charge is 2.28. The Labute approximate surface area is 177 Å². The molecule has 2 heterocycles. The van der Waals surface area contributed by atoms with E-state index in [2.05, 4.69) is 26.3 Å². The third-order valence-electron chi connectivity index (χ3n) is 5.23. The molecule has 10 heteroatoms. The highest BCUT2D eigenvalue weighted by Crippen LogP contribution is 2.36. The molecule has 1 saturated carbocycles. The molecule has 1 saturated heterocycles. The fourth-order valence-corrected chi connectivity index (χ4v) is 3.40. The summed E-state index contributed by atoms with van der Waals surface area (Å²) in [5.41, 5.74) is 4.99. The summed E-state index contributed by atoms with van der Waals surface area (Å²) in [6.45, 7) is 0. The quantitative estimate of drug-likeness (QED) is 0.655. The number of hydrazine groups is 1. The number of hydrogen-bond donors (Lipinski definition) is 2. The number of hydrogen-bond acceptors (Lipinski definition) is 6. The monoisotopic (exact) mass is 417 g/mol. The second-order valence-electron chi connectivity index (χ2n) is 7.52. The van der Waals surface area contributed by atoms with Gasteiger partial charge in [0, 0.05) is 29.7 Å². The lowest BCUT2D eigenvalue weighted by atomic mass is 10.1. The van der Waals surface area contributed by atoms with E-state index in [1.807, 2.05) is 16.8 Å². The van der Waals surface area contributed by atoms with Gasteiger partial charge in [-0.3, -0.25) is 19.8 Å². The summed E-state index contributed by atoms with van der Waals surface area (Å²) in [6.07, 6.45) is 2.52. The van der Waals surface area contributed by atoms with Crippen LogP contribution in [-0.2, 0) is 9.59 Å². The molecule has 1 aliphatic carbocycles. The lowest BCUT2D eigenvalue weighted by molar-refractivity contribution is -0.130. The number of benzene rings is 2. The third-order valence-corrected chi connectivity index (χ3v) is 5.23. The van der Waals surface area contributed by atoms with Gasteiger partial charge in [0.2, 0.25) is 11.8 Å². The second kappa shape index (κ2) is 7.63. The predicted octanol–water partition coefficient (Wildman–Crippen LogP) is 2.09. The summed E-state index contributed by atoms with van der Waals surface area (Å²) in [5.74, 6) is 0.0343. The number of tetrazole rings is 1. The minimum atomic E-state index is -0.281. The first kappa shape index (κ1) is 18.9. The number of amides is 3. The van der Waals surface area contributed by atoms with Gasteiger partial charge < -0.3 is 5.32 Å². The van der Waals surface area contributed by atoms with Crippen molar-refractivity contribution in [3.05, 3.63) is 54.1 Å². The van der Waals surface area contributed by atoms with E-state index in [0.717, 1.165) is 24.2 Å². The molecule has 5 rings (SSSR count). The number of nitrogens with one attached hydrogen (secondary N) is 2. The van der Waals surface area contributed by atoms with Crippen molar-refractivity contribution in [3.63, 3.8) is 0 Å². The van der Waals surface area contributed by atoms with Crippen molar-refractivity contribution in [1.29, 1.82) is 0 Å². The van der Waals surface area contributed by atoms with Crippen LogP contribution in [0.4, 0.5) is 11.4 Å². The molecule has 0 unspecified atom stereocenters. The van der Waals surface area contributed by atoms with Gasteiger partial charge in [-0.25, -0.2) is 9.69 Å². The Kier molecular flexibility index (Phi) is 4.66. The van der Waals surface area contributed by atoms with Crippen LogP contribution in [0.25, 0.3) is 11.4 Å². The first-order valence-electron chi connectivity index (χ1n) is 10.0. The van der Waals surface area contributed by atoms with Crippen LogP contribution < -0.4 is 15.8 Å². The first-order valence-corrected chi connectivity index (χ1v) is 10.0. The molecule has 0 radical (unpaired) electrons. The van der Waals surface area contributed by atoms with E-state index in [-0.39, 0.29) is 30.6 Å². The van der Waals surface area contributed by atoms with E-state index < -0.39 is 0 Å². The Balaban J connectivity index is 1.26. The zero-order valence-electron chi connectivity index (χ0n) is 16.5. The maximum Gasteiger partial charge on any atom is 0.255 e. The van der Waals surface area contributed by atoms with Crippen molar-refractivity contribution in [1.82, 2.24) is 25.6 Å². The minimum Gasteiger partial charge on any atom is -0.322 e. The number of aromatic nitrogens is 4. The highest BCUT2D eigenvalue weighted by molar-refractivity contribution is 6.05. The molecule has 0 atom stereocenters. The van der Waals surface area contributed by atoms with Crippen molar-refractivity contribution in [3.8, 4) is 11.4 Å². The molecule has 0 bridgehead atoms. The summed E-state index contributed by atoms with van der Waals surface area (Å²) in [4.78, 5) is 36.1. The van der Waals surface area contributed by atoms with Gasteiger partial charge in [-0.05, 0) is 71.8 Å². The van der Waals surface area contributed by atoms with Crippen molar-refractivity contribution in [2.45, 2.75) is 31.7 Å². The molecule has 2 N–H and O–H groups in total. The van der Waals surface area contributed by atoms with E-state index >= 15 is 0 Å². The molecule has 3 amide bonds. The molecular weight excluding hydrogens is 398 g/mol. The van der Waals surface area contributed by atoms with Crippen LogP contribution in [-0.4, -0.2) is 37.9 Å². The molecule has 2 fully saturated rings. The zero-order valence-corrected chi connectivity index (χ0v) is 16.5. The maximum absolute atomic E-state index is 12.6. The highest BCUT2D eigenvalue weighted by atomic mass is 16.2. The largest absolute Gasteiger partial charge is 0.322 e. The van der Waals surface area contributed by atoms with Crippen LogP contribution in [0.5, 0.6) is 0 Å². The van der Waals surface area contributed by atoms with Gasteiger partial charge >= 0.3 is 0 Å². The molecule has 2 aliphatic rings. The third kappa shape index (κ3) is 3.87. The standard InChI is InChI=1S/C21H19N7O3/c29-18-11-12-19(30)27(24-18)16-7-3-14(4-8-16)21(31)22-15-5-1-13(2-6-15)20-23-25-26-28(20)17-9-10-17/h1-8,17H,9-12H2,(H,22,31)(H,24,29). The second-order valence-corrected chi connectivity index (χ2v) is 7.52. The molecule has 3 aromatic rings. The van der Waals surface area contributed by atoms with Crippen LogP contribution >= 0.6 is 0 Å². The van der Waals surface area contributed by atoms with Gasteiger partial charge in [-0.15, -0.1) is 5.10 Å². The van der Waals surface area contributed by atoms with Gasteiger partial charge in [0.25, 0.3) is 5.91 Å². The van der Waals surface area contributed by atoms with Crippen molar-refractivity contribution >= 4 is 29.1 Å². The fourth-order valence-electron chi connectivity index (χ4n) is 3.40. The average molecular weight is 417 g/mol. The topological polar surface area (TPSA) is 122 Å². The van der Waals surface area contributed by atoms with E-state index in [9.17, 15) is 14.4 Å². The summed E-state index contributed by atoms with van der Waals surface area (Å²) in [6, 6.07) is 14.2. The number of anilines is 2. The van der Waals surface area contributed by atoms with E-state index in [1.165, 1.54) is 5.01 Å². The van der Waals surface area contributed by atoms with Crippen LogP contribution in [0, 0.1) is 0 Å². The van der Waals surface area contributed by atoms with Crippen LogP contribution in [0.2, 0.25) is 0 Å². The van der Waals surface area contributed by atoms with E-state index in [1.54, 1.807) is 36.4 Å². The van der Waals surface area contributed by atoms with Crippen molar-refractivity contribution in [2.75, 3.05) is 10.3 Å². The summed E-state index contributed by atoms with van der Waals surface area (Å²) >= 11 is 0. The minimum absolute atomic E-state index is 0.164.